The van der Waals surface area contributed by atoms with Crippen molar-refractivity contribution in [3.63, 3.8) is 0 Å². The number of likely N-dealkylation sites (N-methyl/N-ethyl adjacent to an activating group) is 1. The molecule has 0 bridgehead atoms. The Balaban J connectivity index is 1.60. The van der Waals surface area contributed by atoms with Gasteiger partial charge in [-0.05, 0) is 101 Å². The average Bonchev–Trinajstić information content (AvgIpc) is 3.76. The number of aliphatic imine (C=N–C) groups is 1. The third-order valence-electron chi connectivity index (χ3n) is 7.88. The molecule has 1 aliphatic heterocycles. The summed E-state index contributed by atoms with van der Waals surface area (Å²) in [5.41, 5.74) is 9.40. The van der Waals surface area contributed by atoms with Gasteiger partial charge in [-0.15, -0.1) is 0 Å². The summed E-state index contributed by atoms with van der Waals surface area (Å²) >= 11 is 6.50. The molecule has 1 unspecified atom stereocenters. The Kier molecular flexibility index (Phi) is 11.5. The molecule has 1 saturated carbocycles. The number of benzene rings is 1. The molecule has 5 heteroatoms. The topological polar surface area (TPSA) is 30.9 Å². The Labute approximate surface area is 242 Å². The number of piperidine rings is 1. The quantitative estimate of drug-likeness (QED) is 0.188. The van der Waals surface area contributed by atoms with Crippen LogP contribution in [0.25, 0.3) is 5.70 Å². The summed E-state index contributed by atoms with van der Waals surface area (Å²) in [6.07, 6.45) is 12.2. The third-order valence-corrected chi connectivity index (χ3v) is 8.12. The molecular formula is C34H49ClN4. The summed E-state index contributed by atoms with van der Waals surface area (Å²) in [5.74, 6) is 0.708. The van der Waals surface area contributed by atoms with E-state index in [9.17, 15) is 0 Å². The molecule has 0 radical (unpaired) electrons. The van der Waals surface area contributed by atoms with E-state index in [0.29, 0.717) is 5.92 Å². The first-order chi connectivity index (χ1) is 18.6. The Hall–Kier alpha value is -2.72. The lowest BCUT2D eigenvalue weighted by Gasteiger charge is -2.39. The molecular weight excluding hydrogens is 500 g/mol. The second kappa shape index (κ2) is 14.6. The van der Waals surface area contributed by atoms with Crippen molar-refractivity contribution in [2.24, 2.45) is 10.9 Å². The van der Waals surface area contributed by atoms with Gasteiger partial charge in [0.15, 0.2) is 0 Å². The van der Waals surface area contributed by atoms with Crippen molar-refractivity contribution >= 4 is 23.0 Å². The highest BCUT2D eigenvalue weighted by Gasteiger charge is 2.28. The summed E-state index contributed by atoms with van der Waals surface area (Å²) in [7, 11) is 4.04. The third kappa shape index (κ3) is 9.17. The van der Waals surface area contributed by atoms with Gasteiger partial charge in [0.05, 0.1) is 11.8 Å². The minimum atomic E-state index is 0.241. The van der Waals surface area contributed by atoms with E-state index in [1.807, 2.05) is 13.1 Å². The molecule has 1 aromatic rings. The van der Waals surface area contributed by atoms with Crippen LogP contribution in [0, 0.1) is 5.92 Å². The van der Waals surface area contributed by atoms with Crippen molar-refractivity contribution in [1.82, 2.24) is 15.1 Å². The molecule has 1 heterocycles. The van der Waals surface area contributed by atoms with E-state index in [0.717, 1.165) is 73.0 Å². The van der Waals surface area contributed by atoms with Gasteiger partial charge in [0, 0.05) is 61.4 Å². The number of allylic oxidation sites excluding steroid dienone is 5. The number of hydrogen-bond acceptors (Lipinski definition) is 4. The maximum absolute atomic E-state index is 6.50. The standard InChI is InChI=1S/C34H49ClN4/c1-24(2)21-33(36-7)34-11-9-10-19-39(34)28(6)32-23-31(35)17-16-30(32)13-12-26(4)37-18-20-38(8)27(5)22-25(3)29-14-15-29/h16-17,21-23,29,34,37H,3-4,6,9-15,18-20H2,1-2,5,7-8H3/b27-22+,36-33+. The zero-order valence-electron chi connectivity index (χ0n) is 25.0. The van der Waals surface area contributed by atoms with Crippen LogP contribution in [0.1, 0.15) is 70.4 Å². The van der Waals surface area contributed by atoms with E-state index >= 15 is 0 Å². The number of likely N-dealkylation sites (tertiary alicyclic amines) is 1. The van der Waals surface area contributed by atoms with E-state index in [1.165, 1.54) is 41.7 Å². The van der Waals surface area contributed by atoms with Gasteiger partial charge in [-0.2, -0.15) is 0 Å². The number of nitrogens with one attached hydrogen (secondary N) is 1. The minimum Gasteiger partial charge on any atom is -0.387 e. The van der Waals surface area contributed by atoms with Gasteiger partial charge in [0.1, 0.15) is 0 Å². The highest BCUT2D eigenvalue weighted by Crippen LogP contribution is 2.36. The Morgan fingerprint density at radius 1 is 1.13 bits per heavy atom. The number of rotatable bonds is 14. The van der Waals surface area contributed by atoms with Gasteiger partial charge in [-0.3, -0.25) is 4.99 Å². The van der Waals surface area contributed by atoms with Crippen LogP contribution < -0.4 is 5.32 Å². The largest absolute Gasteiger partial charge is 0.387 e. The summed E-state index contributed by atoms with van der Waals surface area (Å²) in [6, 6.07) is 6.45. The normalized spacial score (nSPS) is 18.0. The fourth-order valence-corrected chi connectivity index (χ4v) is 5.43. The lowest BCUT2D eigenvalue weighted by Crippen LogP contribution is -2.43. The predicted octanol–water partition coefficient (Wildman–Crippen LogP) is 8.04. The monoisotopic (exact) mass is 548 g/mol. The van der Waals surface area contributed by atoms with Crippen molar-refractivity contribution in [1.29, 1.82) is 0 Å². The number of hydrogen-bond donors (Lipinski definition) is 1. The molecule has 0 aromatic heterocycles. The van der Waals surface area contributed by atoms with Crippen molar-refractivity contribution in [2.75, 3.05) is 33.7 Å². The van der Waals surface area contributed by atoms with Crippen molar-refractivity contribution in [3.05, 3.63) is 88.8 Å². The molecule has 1 atom stereocenters. The smallest absolute Gasteiger partial charge is 0.0709 e. The number of nitrogens with zero attached hydrogens (tertiary/aromatic N) is 3. The SMILES string of the molecule is C=C(CCc1ccc(Cl)cc1C(=C)N1CCCCC1/C(C=C(C)C)=N/C)NCCN(C)/C(C)=C/C(=C)C1CC1. The second-order valence-electron chi connectivity index (χ2n) is 11.4. The highest BCUT2D eigenvalue weighted by atomic mass is 35.5. The maximum atomic E-state index is 6.50. The van der Waals surface area contributed by atoms with E-state index in [4.69, 9.17) is 11.6 Å². The lowest BCUT2D eigenvalue weighted by molar-refractivity contribution is 0.283. The van der Waals surface area contributed by atoms with Gasteiger partial charge in [-0.1, -0.05) is 48.6 Å². The molecule has 2 fully saturated rings. The fourth-order valence-electron chi connectivity index (χ4n) is 5.26. The predicted molar refractivity (Wildman–Crippen MR) is 171 cm³/mol. The van der Waals surface area contributed by atoms with Crippen LogP contribution in [0.2, 0.25) is 5.02 Å². The molecule has 1 aliphatic carbocycles. The number of aryl methyl sites for hydroxylation is 1. The summed E-state index contributed by atoms with van der Waals surface area (Å²) < 4.78 is 0. The first kappa shape index (κ1) is 30.8. The summed E-state index contributed by atoms with van der Waals surface area (Å²) in [6.45, 7) is 22.3. The maximum Gasteiger partial charge on any atom is 0.0709 e. The summed E-state index contributed by atoms with van der Waals surface area (Å²) in [4.78, 5) is 9.38. The van der Waals surface area contributed by atoms with Crippen LogP contribution >= 0.6 is 11.6 Å². The van der Waals surface area contributed by atoms with Crippen molar-refractivity contribution < 1.29 is 0 Å². The van der Waals surface area contributed by atoms with Crippen molar-refractivity contribution in [2.45, 2.75) is 71.8 Å². The molecule has 1 aromatic carbocycles. The van der Waals surface area contributed by atoms with Crippen LogP contribution in [0.4, 0.5) is 0 Å². The molecule has 0 spiro atoms. The summed E-state index contributed by atoms with van der Waals surface area (Å²) in [5, 5.41) is 4.27. The average molecular weight is 549 g/mol. The zero-order chi connectivity index (χ0) is 28.5. The van der Waals surface area contributed by atoms with Crippen LogP contribution in [0.3, 0.4) is 0 Å². The van der Waals surface area contributed by atoms with Crippen LogP contribution in [0.15, 0.2) is 77.6 Å². The van der Waals surface area contributed by atoms with Crippen LogP contribution in [-0.4, -0.2) is 55.3 Å². The molecule has 1 saturated heterocycles. The van der Waals surface area contributed by atoms with Gasteiger partial charge in [0.25, 0.3) is 0 Å². The van der Waals surface area contributed by atoms with Gasteiger partial charge >= 0.3 is 0 Å². The second-order valence-corrected chi connectivity index (χ2v) is 11.8. The first-order valence-corrected chi connectivity index (χ1v) is 14.8. The minimum absolute atomic E-state index is 0.241. The van der Waals surface area contributed by atoms with Gasteiger partial charge in [-0.25, -0.2) is 0 Å². The Bertz CT molecular complexity index is 1130. The molecule has 212 valence electrons. The molecule has 2 aliphatic rings. The van der Waals surface area contributed by atoms with Crippen LogP contribution in [0.5, 0.6) is 0 Å². The Morgan fingerprint density at radius 3 is 2.54 bits per heavy atom. The van der Waals surface area contributed by atoms with E-state index < -0.39 is 0 Å². The van der Waals surface area contributed by atoms with Gasteiger partial charge < -0.3 is 15.1 Å². The zero-order valence-corrected chi connectivity index (χ0v) is 25.7. The number of halogens is 1. The molecule has 3 rings (SSSR count). The molecule has 4 nitrogen and oxygen atoms in total. The fraction of sp³-hybridized carbons (Fsp3) is 0.500. The molecule has 39 heavy (non-hydrogen) atoms. The van der Waals surface area contributed by atoms with Crippen LogP contribution in [-0.2, 0) is 6.42 Å². The van der Waals surface area contributed by atoms with Gasteiger partial charge in [0.2, 0.25) is 0 Å². The van der Waals surface area contributed by atoms with E-state index in [2.05, 4.69) is 91.9 Å². The van der Waals surface area contributed by atoms with E-state index in [-0.39, 0.29) is 6.04 Å². The lowest BCUT2D eigenvalue weighted by atomic mass is 9.93. The van der Waals surface area contributed by atoms with E-state index in [1.54, 1.807) is 0 Å². The highest BCUT2D eigenvalue weighted by molar-refractivity contribution is 6.30. The van der Waals surface area contributed by atoms with Crippen molar-refractivity contribution in [3.8, 4) is 0 Å². The Morgan fingerprint density at radius 2 is 1.87 bits per heavy atom. The molecule has 1 N–H and O–H groups in total. The first-order valence-electron chi connectivity index (χ1n) is 14.5. The molecule has 0 amide bonds.